The second kappa shape index (κ2) is 7.95. The molecule has 6 nitrogen and oxygen atoms in total. The number of aryl methyl sites for hydroxylation is 2. The number of hydrogen-bond acceptors (Lipinski definition) is 5. The Balaban J connectivity index is 1.48. The number of anilines is 2. The normalized spacial score (nSPS) is 13.8. The molecule has 1 saturated heterocycles. The average molecular weight is 412 g/mol. The highest BCUT2D eigenvalue weighted by Gasteiger charge is 2.21. The van der Waals surface area contributed by atoms with Crippen molar-refractivity contribution in [2.45, 2.75) is 33.1 Å². The first-order chi connectivity index (χ1) is 15.1. The Labute approximate surface area is 181 Å². The van der Waals surface area contributed by atoms with Crippen molar-refractivity contribution in [3.63, 3.8) is 0 Å². The zero-order chi connectivity index (χ0) is 21.4. The molecule has 4 aromatic rings. The number of rotatable bonds is 4. The Hall–Kier alpha value is -3.54. The van der Waals surface area contributed by atoms with Crippen molar-refractivity contribution < 1.29 is 4.79 Å². The van der Waals surface area contributed by atoms with Gasteiger partial charge in [0.25, 0.3) is 0 Å². The van der Waals surface area contributed by atoms with Crippen molar-refractivity contribution in [1.29, 1.82) is 0 Å². The highest BCUT2D eigenvalue weighted by Crippen LogP contribution is 2.28. The number of pyridine rings is 1. The fourth-order valence-corrected chi connectivity index (χ4v) is 4.39. The molecule has 1 aliphatic rings. The van der Waals surface area contributed by atoms with Crippen molar-refractivity contribution in [3.8, 4) is 0 Å². The van der Waals surface area contributed by atoms with Gasteiger partial charge in [-0.15, -0.1) is 0 Å². The predicted octanol–water partition coefficient (Wildman–Crippen LogP) is 4.58. The van der Waals surface area contributed by atoms with E-state index in [1.165, 1.54) is 0 Å². The molecule has 1 aliphatic heterocycles. The Morgan fingerprint density at radius 3 is 2.29 bits per heavy atom. The zero-order valence-electron chi connectivity index (χ0n) is 17.9. The lowest BCUT2D eigenvalue weighted by atomic mass is 9.99. The van der Waals surface area contributed by atoms with Crippen LogP contribution in [0.5, 0.6) is 0 Å². The fraction of sp³-hybridized carbons (Fsp3) is 0.280. The molecule has 31 heavy (non-hydrogen) atoms. The molecule has 156 valence electrons. The molecule has 1 fully saturated rings. The standard InChI is InChI=1S/C25H25N5O/c1-16-18-9-3-4-10-20(18)26-17(2)19(16)15-23(31)29-24-25(30-13-7-8-14-30)28-22-12-6-5-11-21(22)27-24/h3-6,9-12H,7-8,13-15H2,1-2H3,(H,27,29,31). The molecular weight excluding hydrogens is 386 g/mol. The molecule has 1 N–H and O–H groups in total. The number of carbonyl (C=O) groups is 1. The third kappa shape index (κ3) is 3.69. The number of nitrogens with one attached hydrogen (secondary N) is 1. The van der Waals surface area contributed by atoms with Crippen LogP contribution in [0.2, 0.25) is 0 Å². The SMILES string of the molecule is Cc1nc2ccccc2c(C)c1CC(=O)Nc1nc2ccccc2nc1N1CCCC1. The number of benzene rings is 2. The van der Waals surface area contributed by atoms with Gasteiger partial charge in [-0.1, -0.05) is 30.3 Å². The minimum atomic E-state index is -0.103. The zero-order valence-corrected chi connectivity index (χ0v) is 17.9. The van der Waals surface area contributed by atoms with Crippen molar-refractivity contribution in [2.75, 3.05) is 23.3 Å². The summed E-state index contributed by atoms with van der Waals surface area (Å²) < 4.78 is 0. The summed E-state index contributed by atoms with van der Waals surface area (Å²) in [5.41, 5.74) is 5.53. The van der Waals surface area contributed by atoms with Crippen molar-refractivity contribution in [2.24, 2.45) is 0 Å². The van der Waals surface area contributed by atoms with Gasteiger partial charge in [-0.2, -0.15) is 0 Å². The molecule has 0 saturated carbocycles. The molecule has 0 aliphatic carbocycles. The van der Waals surface area contributed by atoms with E-state index in [0.717, 1.165) is 70.5 Å². The number of fused-ring (bicyclic) bond motifs is 2. The maximum Gasteiger partial charge on any atom is 0.230 e. The van der Waals surface area contributed by atoms with E-state index in [2.05, 4.69) is 23.2 Å². The number of amides is 1. The van der Waals surface area contributed by atoms with Gasteiger partial charge >= 0.3 is 0 Å². The van der Waals surface area contributed by atoms with Crippen LogP contribution in [0.3, 0.4) is 0 Å². The number of nitrogens with zero attached hydrogens (tertiary/aromatic N) is 4. The molecule has 5 rings (SSSR count). The second-order valence-electron chi connectivity index (χ2n) is 8.12. The van der Waals surface area contributed by atoms with E-state index in [1.54, 1.807) is 0 Å². The Kier molecular flexibility index (Phi) is 4.98. The monoisotopic (exact) mass is 411 g/mol. The summed E-state index contributed by atoms with van der Waals surface area (Å²) in [5, 5.41) is 4.13. The van der Waals surface area contributed by atoms with Crippen molar-refractivity contribution >= 4 is 39.5 Å². The lowest BCUT2D eigenvalue weighted by Gasteiger charge is -2.20. The first-order valence-corrected chi connectivity index (χ1v) is 10.8. The van der Waals surface area contributed by atoms with Crippen LogP contribution in [0.4, 0.5) is 11.6 Å². The van der Waals surface area contributed by atoms with E-state index in [1.807, 2.05) is 49.4 Å². The molecule has 0 spiro atoms. The van der Waals surface area contributed by atoms with Gasteiger partial charge in [0.15, 0.2) is 11.6 Å². The van der Waals surface area contributed by atoms with Crippen molar-refractivity contribution in [1.82, 2.24) is 15.0 Å². The summed E-state index contributed by atoms with van der Waals surface area (Å²) in [5.74, 6) is 1.19. The van der Waals surface area contributed by atoms with Crippen LogP contribution in [-0.4, -0.2) is 33.9 Å². The largest absolute Gasteiger partial charge is 0.354 e. The van der Waals surface area contributed by atoms with Gasteiger partial charge in [-0.05, 0) is 56.0 Å². The van der Waals surface area contributed by atoms with Gasteiger partial charge in [0.05, 0.1) is 23.0 Å². The quantitative estimate of drug-likeness (QED) is 0.532. The molecule has 2 aromatic carbocycles. The minimum Gasteiger partial charge on any atom is -0.354 e. The lowest BCUT2D eigenvalue weighted by molar-refractivity contribution is -0.115. The van der Waals surface area contributed by atoms with Gasteiger partial charge in [0.2, 0.25) is 5.91 Å². The maximum absolute atomic E-state index is 13.1. The van der Waals surface area contributed by atoms with Crippen LogP contribution < -0.4 is 10.2 Å². The van der Waals surface area contributed by atoms with E-state index >= 15 is 0 Å². The van der Waals surface area contributed by atoms with E-state index in [4.69, 9.17) is 15.0 Å². The van der Waals surface area contributed by atoms with Crippen molar-refractivity contribution in [3.05, 3.63) is 65.4 Å². The first kappa shape index (κ1) is 19.4. The Morgan fingerprint density at radius 2 is 1.55 bits per heavy atom. The number of aromatic nitrogens is 3. The Morgan fingerprint density at radius 1 is 0.903 bits per heavy atom. The molecule has 3 heterocycles. The molecule has 0 bridgehead atoms. The summed E-state index contributed by atoms with van der Waals surface area (Å²) in [4.78, 5) is 29.6. The number of carbonyl (C=O) groups excluding carboxylic acids is 1. The highest BCUT2D eigenvalue weighted by molar-refractivity contribution is 5.96. The van der Waals surface area contributed by atoms with Crippen LogP contribution in [0, 0.1) is 13.8 Å². The van der Waals surface area contributed by atoms with Gasteiger partial charge in [0, 0.05) is 24.2 Å². The van der Waals surface area contributed by atoms with Gasteiger partial charge in [0.1, 0.15) is 0 Å². The van der Waals surface area contributed by atoms with Gasteiger partial charge in [-0.3, -0.25) is 9.78 Å². The Bertz CT molecular complexity index is 1290. The summed E-state index contributed by atoms with van der Waals surface area (Å²) in [6, 6.07) is 15.8. The van der Waals surface area contributed by atoms with Crippen LogP contribution >= 0.6 is 0 Å². The van der Waals surface area contributed by atoms with Crippen LogP contribution in [0.25, 0.3) is 21.9 Å². The molecule has 6 heteroatoms. The minimum absolute atomic E-state index is 0.103. The van der Waals surface area contributed by atoms with E-state index in [-0.39, 0.29) is 12.3 Å². The molecule has 0 unspecified atom stereocenters. The van der Waals surface area contributed by atoms with E-state index in [9.17, 15) is 4.79 Å². The molecule has 2 aromatic heterocycles. The third-order valence-corrected chi connectivity index (χ3v) is 6.04. The summed E-state index contributed by atoms with van der Waals surface area (Å²) in [6.07, 6.45) is 2.51. The maximum atomic E-state index is 13.1. The number of hydrogen-bond donors (Lipinski definition) is 1. The molecule has 1 amide bonds. The molecule has 0 radical (unpaired) electrons. The summed E-state index contributed by atoms with van der Waals surface area (Å²) >= 11 is 0. The second-order valence-corrected chi connectivity index (χ2v) is 8.12. The smallest absolute Gasteiger partial charge is 0.230 e. The van der Waals surface area contributed by atoms with Crippen LogP contribution in [0.15, 0.2) is 48.5 Å². The van der Waals surface area contributed by atoms with Gasteiger partial charge < -0.3 is 10.2 Å². The summed E-state index contributed by atoms with van der Waals surface area (Å²) in [6.45, 7) is 5.89. The summed E-state index contributed by atoms with van der Waals surface area (Å²) in [7, 11) is 0. The van der Waals surface area contributed by atoms with Crippen LogP contribution in [-0.2, 0) is 11.2 Å². The molecule has 0 atom stereocenters. The predicted molar refractivity (Wildman–Crippen MR) is 125 cm³/mol. The number of para-hydroxylation sites is 3. The highest BCUT2D eigenvalue weighted by atomic mass is 16.1. The average Bonchev–Trinajstić information content (AvgIpc) is 3.31. The third-order valence-electron chi connectivity index (χ3n) is 6.04. The first-order valence-electron chi connectivity index (χ1n) is 10.8. The topological polar surface area (TPSA) is 71.0 Å². The van der Waals surface area contributed by atoms with Gasteiger partial charge in [-0.25, -0.2) is 9.97 Å². The van der Waals surface area contributed by atoms with E-state index < -0.39 is 0 Å². The fourth-order valence-electron chi connectivity index (χ4n) is 4.39. The van der Waals surface area contributed by atoms with Crippen LogP contribution in [0.1, 0.15) is 29.7 Å². The van der Waals surface area contributed by atoms with E-state index in [0.29, 0.717) is 5.82 Å². The lowest BCUT2D eigenvalue weighted by Crippen LogP contribution is -2.24. The molecular formula is C25H25N5O.